The van der Waals surface area contributed by atoms with Crippen LogP contribution in [-0.2, 0) is 0 Å². The minimum atomic E-state index is 0.879. The van der Waals surface area contributed by atoms with Gasteiger partial charge in [0.25, 0.3) is 0 Å². The average Bonchev–Trinajstić information content (AvgIpc) is 2.57. The van der Waals surface area contributed by atoms with Gasteiger partial charge in [0.2, 0.25) is 0 Å². The van der Waals surface area contributed by atoms with Crippen LogP contribution < -0.4 is 0 Å². The monoisotopic (exact) mass is 202 g/mol. The van der Waals surface area contributed by atoms with Crippen molar-refractivity contribution in [3.05, 3.63) is 12.2 Å². The van der Waals surface area contributed by atoms with E-state index >= 15 is 0 Å². The van der Waals surface area contributed by atoms with Crippen LogP contribution in [0.15, 0.2) is 12.2 Å². The first-order valence-electron chi connectivity index (χ1n) is 4.77. The molecular weight excluding hydrogens is 184 g/mol. The van der Waals surface area contributed by atoms with Gasteiger partial charge in [-0.1, -0.05) is 25.0 Å². The lowest BCUT2D eigenvalue weighted by molar-refractivity contribution is 0.623. The largest absolute Gasteiger partial charge is 0.175 e. The number of rotatable bonds is 5. The average molecular weight is 202 g/mol. The first-order chi connectivity index (χ1) is 5.93. The molecule has 12 heavy (non-hydrogen) atoms. The summed E-state index contributed by atoms with van der Waals surface area (Å²) in [5.74, 6) is 4.46. The van der Waals surface area contributed by atoms with Crippen LogP contribution in [0.1, 0.15) is 25.7 Å². The highest BCUT2D eigenvalue weighted by atomic mass is 32.2. The predicted octanol–water partition coefficient (Wildman–Crippen LogP) is 3.40. The first-order valence-corrected chi connectivity index (χ1v) is 6.56. The summed E-state index contributed by atoms with van der Waals surface area (Å²) in [6.45, 7) is 0. The van der Waals surface area contributed by atoms with Gasteiger partial charge in [-0.15, -0.1) is 0 Å². The van der Waals surface area contributed by atoms with Gasteiger partial charge in [-0.3, -0.25) is 0 Å². The molecule has 0 aliphatic heterocycles. The third-order valence-corrected chi connectivity index (χ3v) is 3.66. The quantitative estimate of drug-likeness (QED) is 0.405. The third-order valence-electron chi connectivity index (χ3n) is 2.31. The van der Waals surface area contributed by atoms with Crippen molar-refractivity contribution in [2.45, 2.75) is 25.7 Å². The summed E-state index contributed by atoms with van der Waals surface area (Å²) in [5.41, 5.74) is 0. The SMILES string of the molecule is SCC=CCSCC1CCCC1. The second kappa shape index (κ2) is 6.90. The zero-order chi connectivity index (χ0) is 8.65. The molecule has 1 aliphatic carbocycles. The number of hydrogen-bond acceptors (Lipinski definition) is 2. The summed E-state index contributed by atoms with van der Waals surface area (Å²) in [5, 5.41) is 0. The maximum absolute atomic E-state index is 4.11. The van der Waals surface area contributed by atoms with Crippen molar-refractivity contribution in [2.75, 3.05) is 17.3 Å². The van der Waals surface area contributed by atoms with Gasteiger partial charge in [0.1, 0.15) is 0 Å². The van der Waals surface area contributed by atoms with Gasteiger partial charge in [-0.2, -0.15) is 24.4 Å². The Labute approximate surface area is 85.6 Å². The van der Waals surface area contributed by atoms with E-state index in [-0.39, 0.29) is 0 Å². The molecule has 0 amide bonds. The van der Waals surface area contributed by atoms with Gasteiger partial charge in [0.05, 0.1) is 0 Å². The number of thiol groups is 1. The van der Waals surface area contributed by atoms with E-state index < -0.39 is 0 Å². The lowest BCUT2D eigenvalue weighted by Crippen LogP contribution is -1.96. The zero-order valence-corrected chi connectivity index (χ0v) is 9.25. The minimum absolute atomic E-state index is 0.879. The fraction of sp³-hybridized carbons (Fsp3) is 0.800. The van der Waals surface area contributed by atoms with Crippen molar-refractivity contribution in [3.63, 3.8) is 0 Å². The van der Waals surface area contributed by atoms with Crippen LogP contribution in [0.5, 0.6) is 0 Å². The first kappa shape index (κ1) is 10.5. The fourth-order valence-electron chi connectivity index (χ4n) is 1.62. The zero-order valence-electron chi connectivity index (χ0n) is 7.54. The summed E-state index contributed by atoms with van der Waals surface area (Å²) in [7, 11) is 0. The van der Waals surface area contributed by atoms with Crippen molar-refractivity contribution >= 4 is 24.4 Å². The second-order valence-electron chi connectivity index (χ2n) is 3.34. The maximum atomic E-state index is 4.11. The van der Waals surface area contributed by atoms with Gasteiger partial charge in [0, 0.05) is 11.5 Å². The van der Waals surface area contributed by atoms with E-state index in [1.54, 1.807) is 0 Å². The maximum Gasteiger partial charge on any atom is 0.0113 e. The summed E-state index contributed by atoms with van der Waals surface area (Å²) < 4.78 is 0. The van der Waals surface area contributed by atoms with Gasteiger partial charge >= 0.3 is 0 Å². The molecule has 1 saturated carbocycles. The van der Waals surface area contributed by atoms with Crippen LogP contribution in [-0.4, -0.2) is 17.3 Å². The molecule has 0 bridgehead atoms. The Morgan fingerprint density at radius 1 is 1.25 bits per heavy atom. The third kappa shape index (κ3) is 4.46. The molecule has 2 heteroatoms. The Morgan fingerprint density at radius 2 is 2.00 bits per heavy atom. The van der Waals surface area contributed by atoms with Crippen LogP contribution in [0.4, 0.5) is 0 Å². The normalized spacial score (nSPS) is 19.4. The fourth-order valence-corrected chi connectivity index (χ4v) is 2.85. The molecule has 0 saturated heterocycles. The summed E-state index contributed by atoms with van der Waals surface area (Å²) in [6, 6.07) is 0. The van der Waals surface area contributed by atoms with Gasteiger partial charge in [-0.25, -0.2) is 0 Å². The molecule has 0 unspecified atom stereocenters. The minimum Gasteiger partial charge on any atom is -0.175 e. The van der Waals surface area contributed by atoms with E-state index in [0.29, 0.717) is 0 Å². The Kier molecular flexibility index (Phi) is 6.05. The standard InChI is InChI=1S/C10H18S2/c11-7-3-4-8-12-9-10-5-1-2-6-10/h3-4,10-11H,1-2,5-9H2. The Hall–Kier alpha value is 0.440. The molecule has 1 rings (SSSR count). The molecule has 0 nitrogen and oxygen atoms in total. The van der Waals surface area contributed by atoms with Gasteiger partial charge < -0.3 is 0 Å². The van der Waals surface area contributed by atoms with Gasteiger partial charge in [-0.05, 0) is 24.5 Å². The highest BCUT2D eigenvalue weighted by Gasteiger charge is 2.13. The van der Waals surface area contributed by atoms with E-state index in [1.807, 2.05) is 0 Å². The molecule has 0 spiro atoms. The molecule has 70 valence electrons. The van der Waals surface area contributed by atoms with E-state index in [2.05, 4.69) is 36.5 Å². The molecule has 1 fully saturated rings. The molecule has 0 atom stereocenters. The van der Waals surface area contributed by atoms with Crippen LogP contribution in [0.3, 0.4) is 0 Å². The van der Waals surface area contributed by atoms with Crippen LogP contribution in [0.25, 0.3) is 0 Å². The molecule has 0 radical (unpaired) electrons. The molecule has 1 aliphatic rings. The molecule has 0 heterocycles. The highest BCUT2D eigenvalue weighted by Crippen LogP contribution is 2.27. The molecule has 0 aromatic rings. The van der Waals surface area contributed by atoms with E-state index in [4.69, 9.17) is 0 Å². The smallest absolute Gasteiger partial charge is 0.0113 e. The Balaban J connectivity index is 1.91. The Bertz CT molecular complexity index is 126. The molecular formula is C10H18S2. The van der Waals surface area contributed by atoms with Crippen molar-refractivity contribution in [3.8, 4) is 0 Å². The van der Waals surface area contributed by atoms with Crippen molar-refractivity contribution in [1.29, 1.82) is 0 Å². The highest BCUT2D eigenvalue weighted by molar-refractivity contribution is 7.99. The van der Waals surface area contributed by atoms with E-state index in [9.17, 15) is 0 Å². The molecule has 0 aromatic carbocycles. The van der Waals surface area contributed by atoms with Crippen molar-refractivity contribution in [1.82, 2.24) is 0 Å². The topological polar surface area (TPSA) is 0 Å². The number of hydrogen-bond donors (Lipinski definition) is 1. The van der Waals surface area contributed by atoms with Gasteiger partial charge in [0.15, 0.2) is 0 Å². The van der Waals surface area contributed by atoms with Crippen molar-refractivity contribution < 1.29 is 0 Å². The molecule has 0 aromatic heterocycles. The summed E-state index contributed by atoms with van der Waals surface area (Å²) in [6.07, 6.45) is 10.2. The molecule has 0 N–H and O–H groups in total. The second-order valence-corrected chi connectivity index (χ2v) is 4.78. The summed E-state index contributed by atoms with van der Waals surface area (Å²) >= 11 is 6.18. The summed E-state index contributed by atoms with van der Waals surface area (Å²) in [4.78, 5) is 0. The van der Waals surface area contributed by atoms with Crippen LogP contribution in [0.2, 0.25) is 0 Å². The van der Waals surface area contributed by atoms with Crippen LogP contribution in [0, 0.1) is 5.92 Å². The lowest BCUT2D eigenvalue weighted by atomic mass is 10.1. The van der Waals surface area contributed by atoms with E-state index in [1.165, 1.54) is 37.2 Å². The lowest BCUT2D eigenvalue weighted by Gasteiger charge is -2.05. The number of thioether (sulfide) groups is 1. The Morgan fingerprint density at radius 3 is 2.67 bits per heavy atom. The van der Waals surface area contributed by atoms with Crippen LogP contribution >= 0.6 is 24.4 Å². The predicted molar refractivity (Wildman–Crippen MR) is 62.3 cm³/mol. The van der Waals surface area contributed by atoms with Crippen molar-refractivity contribution in [2.24, 2.45) is 5.92 Å². The van der Waals surface area contributed by atoms with E-state index in [0.717, 1.165) is 11.7 Å².